The predicted molar refractivity (Wildman–Crippen MR) is 128 cm³/mol. The molecule has 0 saturated carbocycles. The van der Waals surface area contributed by atoms with Crippen LogP contribution < -0.4 is 5.32 Å². The molecule has 2 amide bonds. The van der Waals surface area contributed by atoms with Crippen LogP contribution in [0.25, 0.3) is 11.1 Å². The normalized spacial score (nSPS) is 17.9. The number of fused-ring (bicyclic) bond motifs is 3. The maximum absolute atomic E-state index is 13.3. The molecule has 34 heavy (non-hydrogen) atoms. The highest BCUT2D eigenvalue weighted by molar-refractivity contribution is 5.86. The van der Waals surface area contributed by atoms with Gasteiger partial charge in [0.1, 0.15) is 12.6 Å². The molecule has 0 unspecified atom stereocenters. The van der Waals surface area contributed by atoms with Gasteiger partial charge in [0.2, 0.25) is 5.91 Å². The van der Waals surface area contributed by atoms with Crippen LogP contribution in [0.3, 0.4) is 0 Å². The highest BCUT2D eigenvalue weighted by atomic mass is 16.5. The molecule has 1 saturated heterocycles. The fraction of sp³-hybridized carbons (Fsp3) is 0.444. The second-order valence-corrected chi connectivity index (χ2v) is 9.58. The number of carbonyl (C=O) groups excluding carboxylic acids is 2. The number of benzene rings is 2. The molecule has 2 aromatic rings. The Morgan fingerprint density at radius 3 is 2.26 bits per heavy atom. The zero-order valence-electron chi connectivity index (χ0n) is 19.7. The molecule has 4 rings (SSSR count). The minimum absolute atomic E-state index is 0.0593. The lowest BCUT2D eigenvalue weighted by Gasteiger charge is -2.29. The standard InChI is InChI=1S/C27H32N2O5/c1-17(2)14-24(26(32)29-13-7-8-18(29)15-25(30)31)28-27(33)34-16-23-21-11-5-3-9-19(21)20-10-4-6-12-22(20)23/h3-6,9-12,17-18,23-24H,7-8,13-16H2,1-2H3,(H,28,33)(H,30,31)/t18-,24-/m1/s1. The number of rotatable bonds is 8. The zero-order chi connectivity index (χ0) is 24.2. The number of hydrogen-bond donors (Lipinski definition) is 2. The summed E-state index contributed by atoms with van der Waals surface area (Å²) < 4.78 is 5.64. The van der Waals surface area contributed by atoms with E-state index in [0.717, 1.165) is 28.7 Å². The second-order valence-electron chi connectivity index (χ2n) is 9.58. The van der Waals surface area contributed by atoms with Crippen LogP contribution in [0.1, 0.15) is 56.6 Å². The molecule has 0 radical (unpaired) electrons. The molecule has 1 aliphatic carbocycles. The monoisotopic (exact) mass is 464 g/mol. The molecule has 2 aliphatic rings. The maximum Gasteiger partial charge on any atom is 0.407 e. The lowest BCUT2D eigenvalue weighted by atomic mass is 9.98. The van der Waals surface area contributed by atoms with Gasteiger partial charge in [0.05, 0.1) is 6.42 Å². The Morgan fingerprint density at radius 2 is 1.68 bits per heavy atom. The molecule has 1 aliphatic heterocycles. The fourth-order valence-corrected chi connectivity index (χ4v) is 5.22. The Bertz CT molecular complexity index is 1020. The van der Waals surface area contributed by atoms with Crippen molar-refractivity contribution in [2.75, 3.05) is 13.2 Å². The minimum Gasteiger partial charge on any atom is -0.481 e. The van der Waals surface area contributed by atoms with Gasteiger partial charge in [-0.3, -0.25) is 9.59 Å². The first-order valence-corrected chi connectivity index (χ1v) is 12.0. The third-order valence-electron chi connectivity index (χ3n) is 6.71. The van der Waals surface area contributed by atoms with Crippen molar-refractivity contribution in [3.8, 4) is 11.1 Å². The average Bonchev–Trinajstić information content (AvgIpc) is 3.38. The van der Waals surface area contributed by atoms with Gasteiger partial charge in [-0.05, 0) is 47.4 Å². The van der Waals surface area contributed by atoms with Crippen molar-refractivity contribution in [2.45, 2.75) is 57.5 Å². The van der Waals surface area contributed by atoms with Gasteiger partial charge in [-0.2, -0.15) is 0 Å². The van der Waals surface area contributed by atoms with Crippen LogP contribution in [-0.2, 0) is 14.3 Å². The highest BCUT2D eigenvalue weighted by Gasteiger charge is 2.36. The van der Waals surface area contributed by atoms with Crippen molar-refractivity contribution < 1.29 is 24.2 Å². The lowest BCUT2D eigenvalue weighted by Crippen LogP contribution is -2.51. The zero-order valence-corrected chi connectivity index (χ0v) is 19.7. The van der Waals surface area contributed by atoms with E-state index in [0.29, 0.717) is 19.4 Å². The first-order valence-electron chi connectivity index (χ1n) is 12.0. The van der Waals surface area contributed by atoms with E-state index in [9.17, 15) is 19.5 Å². The van der Waals surface area contributed by atoms with Crippen molar-refractivity contribution in [1.29, 1.82) is 0 Å². The number of ether oxygens (including phenoxy) is 1. The molecule has 2 N–H and O–H groups in total. The van der Waals surface area contributed by atoms with E-state index in [1.165, 1.54) is 0 Å². The Hall–Kier alpha value is -3.35. The number of aliphatic carboxylic acids is 1. The molecule has 7 heteroatoms. The van der Waals surface area contributed by atoms with Crippen LogP contribution in [0.2, 0.25) is 0 Å². The summed E-state index contributed by atoms with van der Waals surface area (Å²) in [6.45, 7) is 4.66. The summed E-state index contributed by atoms with van der Waals surface area (Å²) in [6.07, 6.45) is 1.18. The van der Waals surface area contributed by atoms with E-state index >= 15 is 0 Å². The molecule has 0 bridgehead atoms. The van der Waals surface area contributed by atoms with Crippen LogP contribution in [0, 0.1) is 5.92 Å². The Labute approximate surface area is 200 Å². The number of nitrogens with zero attached hydrogens (tertiary/aromatic N) is 1. The third kappa shape index (κ3) is 5.08. The van der Waals surface area contributed by atoms with Crippen molar-refractivity contribution in [1.82, 2.24) is 10.2 Å². The molecular weight excluding hydrogens is 432 g/mol. The van der Waals surface area contributed by atoms with Crippen molar-refractivity contribution in [3.63, 3.8) is 0 Å². The summed E-state index contributed by atoms with van der Waals surface area (Å²) in [7, 11) is 0. The Kier molecular flexibility index (Phi) is 7.20. The number of carboxylic acid groups (broad SMARTS) is 1. The van der Waals surface area contributed by atoms with Crippen molar-refractivity contribution >= 4 is 18.0 Å². The summed E-state index contributed by atoms with van der Waals surface area (Å²) in [4.78, 5) is 38.9. The number of likely N-dealkylation sites (tertiary alicyclic amines) is 1. The van der Waals surface area contributed by atoms with Gasteiger partial charge in [0.15, 0.2) is 0 Å². The van der Waals surface area contributed by atoms with Crippen molar-refractivity contribution in [3.05, 3.63) is 59.7 Å². The highest BCUT2D eigenvalue weighted by Crippen LogP contribution is 2.44. The van der Waals surface area contributed by atoms with Crippen LogP contribution >= 0.6 is 0 Å². The SMILES string of the molecule is CC(C)C[C@@H](NC(=O)OCC1c2ccccc2-c2ccccc21)C(=O)N1CCC[C@@H]1CC(=O)O. The first-order chi connectivity index (χ1) is 16.3. The van der Waals surface area contributed by atoms with Gasteiger partial charge < -0.3 is 20.1 Å². The summed E-state index contributed by atoms with van der Waals surface area (Å²) in [6, 6.07) is 15.2. The maximum atomic E-state index is 13.3. The average molecular weight is 465 g/mol. The summed E-state index contributed by atoms with van der Waals surface area (Å²) in [5, 5.41) is 12.0. The molecule has 180 valence electrons. The number of hydrogen-bond acceptors (Lipinski definition) is 4. The largest absolute Gasteiger partial charge is 0.481 e. The smallest absolute Gasteiger partial charge is 0.407 e. The van der Waals surface area contributed by atoms with E-state index < -0.39 is 18.1 Å². The third-order valence-corrected chi connectivity index (χ3v) is 6.71. The molecule has 1 heterocycles. The molecule has 2 aromatic carbocycles. The number of carbonyl (C=O) groups is 3. The van der Waals surface area contributed by atoms with E-state index in [1.807, 2.05) is 38.1 Å². The van der Waals surface area contributed by atoms with Gasteiger partial charge in [0, 0.05) is 18.5 Å². The van der Waals surface area contributed by atoms with Gasteiger partial charge in [0.25, 0.3) is 0 Å². The van der Waals surface area contributed by atoms with Crippen molar-refractivity contribution in [2.24, 2.45) is 5.92 Å². The number of nitrogens with one attached hydrogen (secondary N) is 1. The molecule has 1 fully saturated rings. The number of amides is 2. The van der Waals surface area contributed by atoms with E-state index in [4.69, 9.17) is 4.74 Å². The Balaban J connectivity index is 1.43. The second kappa shape index (κ2) is 10.3. The van der Waals surface area contributed by atoms with Crippen LogP contribution in [-0.4, -0.2) is 53.2 Å². The number of carboxylic acids is 1. The fourth-order valence-electron chi connectivity index (χ4n) is 5.22. The summed E-state index contributed by atoms with van der Waals surface area (Å²) in [5.41, 5.74) is 4.55. The van der Waals surface area contributed by atoms with Crippen LogP contribution in [0.5, 0.6) is 0 Å². The number of alkyl carbamates (subject to hydrolysis) is 1. The van der Waals surface area contributed by atoms with Crippen LogP contribution in [0.4, 0.5) is 4.79 Å². The molecule has 0 aromatic heterocycles. The van der Waals surface area contributed by atoms with E-state index in [-0.39, 0.29) is 36.8 Å². The molecule has 7 nitrogen and oxygen atoms in total. The predicted octanol–water partition coefficient (Wildman–Crippen LogP) is 4.41. The Morgan fingerprint density at radius 1 is 1.06 bits per heavy atom. The topological polar surface area (TPSA) is 95.9 Å². The van der Waals surface area contributed by atoms with Gasteiger partial charge in [-0.1, -0.05) is 62.4 Å². The van der Waals surface area contributed by atoms with Crippen LogP contribution in [0.15, 0.2) is 48.5 Å². The van der Waals surface area contributed by atoms with Gasteiger partial charge in [-0.25, -0.2) is 4.79 Å². The van der Waals surface area contributed by atoms with E-state index in [2.05, 4.69) is 29.6 Å². The van der Waals surface area contributed by atoms with E-state index in [1.54, 1.807) is 4.90 Å². The molecular formula is C27H32N2O5. The first kappa shape index (κ1) is 23.8. The molecule has 2 atom stereocenters. The summed E-state index contributed by atoms with van der Waals surface area (Å²) >= 11 is 0. The quantitative estimate of drug-likeness (QED) is 0.604. The summed E-state index contributed by atoms with van der Waals surface area (Å²) in [5.74, 6) is -1.04. The lowest BCUT2D eigenvalue weighted by molar-refractivity contribution is -0.140. The van der Waals surface area contributed by atoms with Gasteiger partial charge >= 0.3 is 12.1 Å². The van der Waals surface area contributed by atoms with Gasteiger partial charge in [-0.15, -0.1) is 0 Å². The molecule has 0 spiro atoms. The minimum atomic E-state index is -0.922.